The molecule has 1 aromatic heterocycles. The zero-order chi connectivity index (χ0) is 14.1. The van der Waals surface area contributed by atoms with Crippen molar-refractivity contribution in [3.05, 3.63) is 6.07 Å². The highest BCUT2D eigenvalue weighted by Gasteiger charge is 2.06. The first-order chi connectivity index (χ1) is 9.19. The topological polar surface area (TPSA) is 70.1 Å². The van der Waals surface area contributed by atoms with Crippen LogP contribution in [-0.2, 0) is 0 Å². The summed E-state index contributed by atoms with van der Waals surface area (Å²) in [5.41, 5.74) is 0. The first-order valence-electron chi connectivity index (χ1n) is 6.71. The molecule has 19 heavy (non-hydrogen) atoms. The number of thioether (sulfide) groups is 1. The molecule has 1 heterocycles. The van der Waals surface area contributed by atoms with Crippen molar-refractivity contribution in [1.82, 2.24) is 9.97 Å². The molecule has 0 aromatic carbocycles. The lowest BCUT2D eigenvalue weighted by atomic mass is 10.1. The summed E-state index contributed by atoms with van der Waals surface area (Å²) in [7, 11) is 0. The molecule has 0 saturated carbocycles. The van der Waals surface area contributed by atoms with Crippen LogP contribution in [0.15, 0.2) is 11.2 Å². The van der Waals surface area contributed by atoms with E-state index in [9.17, 15) is 0 Å². The zero-order valence-electron chi connectivity index (χ0n) is 11.9. The number of aliphatic hydroxyl groups excluding tert-OH is 1. The fourth-order valence-corrected chi connectivity index (χ4v) is 1.93. The molecular weight excluding hydrogens is 260 g/mol. The molecule has 0 fully saturated rings. The summed E-state index contributed by atoms with van der Waals surface area (Å²) < 4.78 is 0. The van der Waals surface area contributed by atoms with Crippen LogP contribution in [0.1, 0.15) is 26.7 Å². The normalized spacial score (nSPS) is 12.2. The van der Waals surface area contributed by atoms with E-state index in [1.807, 2.05) is 12.3 Å². The van der Waals surface area contributed by atoms with Gasteiger partial charge in [0.1, 0.15) is 11.6 Å². The van der Waals surface area contributed by atoms with Gasteiger partial charge in [-0.05, 0) is 25.0 Å². The minimum Gasteiger partial charge on any atom is -0.396 e. The third kappa shape index (κ3) is 6.11. The summed E-state index contributed by atoms with van der Waals surface area (Å²) in [6.07, 6.45) is 3.83. The second-order valence-corrected chi connectivity index (χ2v) is 5.32. The monoisotopic (exact) mass is 284 g/mol. The maximum Gasteiger partial charge on any atom is 0.191 e. The maximum absolute atomic E-state index is 8.89. The molecule has 0 bridgehead atoms. The Bertz CT molecular complexity index is 376. The molecule has 0 amide bonds. The van der Waals surface area contributed by atoms with Gasteiger partial charge in [0.15, 0.2) is 5.16 Å². The highest BCUT2D eigenvalue weighted by atomic mass is 32.2. The van der Waals surface area contributed by atoms with Crippen molar-refractivity contribution in [2.75, 3.05) is 36.6 Å². The van der Waals surface area contributed by atoms with Gasteiger partial charge in [-0.3, -0.25) is 0 Å². The number of aliphatic hydroxyl groups is 1. The highest BCUT2D eigenvalue weighted by molar-refractivity contribution is 7.98. The number of hydrogen-bond donors (Lipinski definition) is 3. The van der Waals surface area contributed by atoms with Gasteiger partial charge in [0.2, 0.25) is 0 Å². The Labute approximate surface area is 119 Å². The molecule has 0 radical (unpaired) electrons. The first-order valence-corrected chi connectivity index (χ1v) is 7.93. The summed E-state index contributed by atoms with van der Waals surface area (Å²) in [4.78, 5) is 8.84. The first kappa shape index (κ1) is 16.0. The van der Waals surface area contributed by atoms with Gasteiger partial charge in [-0.15, -0.1) is 0 Å². The molecule has 0 spiro atoms. The van der Waals surface area contributed by atoms with Gasteiger partial charge < -0.3 is 15.7 Å². The van der Waals surface area contributed by atoms with Crippen molar-refractivity contribution in [1.29, 1.82) is 0 Å². The third-order valence-corrected chi connectivity index (χ3v) is 3.25. The van der Waals surface area contributed by atoms with Crippen LogP contribution >= 0.6 is 11.8 Å². The number of anilines is 2. The van der Waals surface area contributed by atoms with E-state index in [0.29, 0.717) is 5.92 Å². The van der Waals surface area contributed by atoms with Gasteiger partial charge in [-0.2, -0.15) is 0 Å². The number of rotatable bonds is 9. The molecule has 0 aliphatic rings. The molecule has 1 aromatic rings. The predicted octanol–water partition coefficient (Wildman–Crippen LogP) is 2.45. The van der Waals surface area contributed by atoms with Gasteiger partial charge in [-0.1, -0.05) is 25.6 Å². The Morgan fingerprint density at radius 2 is 2.00 bits per heavy atom. The molecule has 3 N–H and O–H groups in total. The lowest BCUT2D eigenvalue weighted by molar-refractivity contribution is 0.266. The average molecular weight is 284 g/mol. The summed E-state index contributed by atoms with van der Waals surface area (Å²) >= 11 is 1.53. The number of nitrogens with one attached hydrogen (secondary N) is 2. The standard InChI is InChI=1S/C13H24N4OS/c1-4-6-14-11-8-12(17-13(16-11)19-3)15-9-10(2)5-7-18/h8,10,18H,4-7,9H2,1-3H3,(H2,14,15,16,17). The van der Waals surface area contributed by atoms with Crippen molar-refractivity contribution in [2.24, 2.45) is 5.92 Å². The molecule has 108 valence electrons. The van der Waals surface area contributed by atoms with Crippen molar-refractivity contribution in [3.8, 4) is 0 Å². The van der Waals surface area contributed by atoms with E-state index >= 15 is 0 Å². The van der Waals surface area contributed by atoms with Crippen molar-refractivity contribution in [2.45, 2.75) is 31.8 Å². The number of nitrogens with zero attached hydrogens (tertiary/aromatic N) is 2. The van der Waals surface area contributed by atoms with Crippen molar-refractivity contribution in [3.63, 3.8) is 0 Å². The van der Waals surface area contributed by atoms with E-state index in [1.54, 1.807) is 0 Å². The molecule has 6 heteroatoms. The van der Waals surface area contributed by atoms with E-state index in [4.69, 9.17) is 5.11 Å². The van der Waals surface area contributed by atoms with E-state index in [-0.39, 0.29) is 6.61 Å². The second kappa shape index (κ2) is 8.98. The van der Waals surface area contributed by atoms with Crippen LogP contribution < -0.4 is 10.6 Å². The van der Waals surface area contributed by atoms with Crippen LogP contribution in [0.25, 0.3) is 0 Å². The van der Waals surface area contributed by atoms with Crippen LogP contribution in [-0.4, -0.2) is 41.0 Å². The Morgan fingerprint density at radius 1 is 1.32 bits per heavy atom. The van der Waals surface area contributed by atoms with Crippen molar-refractivity contribution >= 4 is 23.4 Å². The lowest BCUT2D eigenvalue weighted by Crippen LogP contribution is -2.14. The quantitative estimate of drug-likeness (QED) is 0.478. The second-order valence-electron chi connectivity index (χ2n) is 4.55. The fraction of sp³-hybridized carbons (Fsp3) is 0.692. The molecule has 5 nitrogen and oxygen atoms in total. The van der Waals surface area contributed by atoms with Crippen LogP contribution in [0, 0.1) is 5.92 Å². The van der Waals surface area contributed by atoms with Gasteiger partial charge in [0, 0.05) is 25.8 Å². The fourth-order valence-electron chi connectivity index (χ4n) is 1.55. The molecule has 1 unspecified atom stereocenters. The third-order valence-electron chi connectivity index (χ3n) is 2.70. The Hall–Kier alpha value is -1.01. The highest BCUT2D eigenvalue weighted by Crippen LogP contribution is 2.17. The van der Waals surface area contributed by atoms with E-state index < -0.39 is 0 Å². The molecule has 0 aliphatic carbocycles. The number of aromatic nitrogens is 2. The van der Waals surface area contributed by atoms with Gasteiger partial charge >= 0.3 is 0 Å². The van der Waals surface area contributed by atoms with Gasteiger partial charge in [0.05, 0.1) is 0 Å². The molecule has 1 rings (SSSR count). The Balaban J connectivity index is 2.65. The summed E-state index contributed by atoms with van der Waals surface area (Å²) in [5, 5.41) is 16.2. The van der Waals surface area contributed by atoms with E-state index in [1.165, 1.54) is 11.8 Å². The van der Waals surface area contributed by atoms with Crippen molar-refractivity contribution < 1.29 is 5.11 Å². The van der Waals surface area contributed by atoms with E-state index in [2.05, 4.69) is 34.4 Å². The smallest absolute Gasteiger partial charge is 0.191 e. The molecule has 0 aliphatic heterocycles. The average Bonchev–Trinajstić information content (AvgIpc) is 2.43. The Kier molecular flexibility index (Phi) is 7.59. The largest absolute Gasteiger partial charge is 0.396 e. The van der Waals surface area contributed by atoms with Crippen LogP contribution in [0.3, 0.4) is 0 Å². The predicted molar refractivity (Wildman–Crippen MR) is 82.0 cm³/mol. The van der Waals surface area contributed by atoms with Gasteiger partial charge in [0.25, 0.3) is 0 Å². The van der Waals surface area contributed by atoms with Crippen LogP contribution in [0.4, 0.5) is 11.6 Å². The maximum atomic E-state index is 8.89. The minimum absolute atomic E-state index is 0.228. The van der Waals surface area contributed by atoms with Crippen LogP contribution in [0.2, 0.25) is 0 Å². The lowest BCUT2D eigenvalue weighted by Gasteiger charge is -2.13. The summed E-state index contributed by atoms with van der Waals surface area (Å²) in [5.74, 6) is 2.12. The zero-order valence-corrected chi connectivity index (χ0v) is 12.8. The van der Waals surface area contributed by atoms with Crippen LogP contribution in [0.5, 0.6) is 0 Å². The summed E-state index contributed by atoms with van der Waals surface area (Å²) in [6.45, 7) is 6.17. The summed E-state index contributed by atoms with van der Waals surface area (Å²) in [6, 6.07) is 1.93. The van der Waals surface area contributed by atoms with Gasteiger partial charge in [-0.25, -0.2) is 9.97 Å². The Morgan fingerprint density at radius 3 is 2.58 bits per heavy atom. The molecule has 1 atom stereocenters. The van der Waals surface area contributed by atoms with E-state index in [0.717, 1.165) is 42.7 Å². The number of hydrogen-bond acceptors (Lipinski definition) is 6. The molecule has 0 saturated heterocycles. The SMILES string of the molecule is CCCNc1cc(NCC(C)CCO)nc(SC)n1. The minimum atomic E-state index is 0.228. The molecular formula is C13H24N4OS.